The average molecular weight is 173 g/mol. The molecule has 1 aromatic rings. The summed E-state index contributed by atoms with van der Waals surface area (Å²) in [6.07, 6.45) is 3.38. The van der Waals surface area contributed by atoms with Crippen LogP contribution >= 0.6 is 0 Å². The second kappa shape index (κ2) is 3.11. The van der Waals surface area contributed by atoms with E-state index in [2.05, 4.69) is 16.1 Å². The molecule has 1 aromatic carbocycles. The summed E-state index contributed by atoms with van der Waals surface area (Å²) in [5.41, 5.74) is 13.0. The Hall–Kier alpha value is -1.47. The fourth-order valence-electron chi connectivity index (χ4n) is 1.98. The smallest absolute Gasteiger partial charge is 0.0412 e. The van der Waals surface area contributed by atoms with Crippen LogP contribution in [0, 0.1) is 6.92 Å². The molecule has 0 unspecified atom stereocenters. The lowest BCUT2D eigenvalue weighted by Crippen LogP contribution is -1.84. The van der Waals surface area contributed by atoms with E-state index in [0.29, 0.717) is 0 Å². The standard InChI is InChI=1S/C10H11N3/c1-7-5-8-3-2-4-9(8)10(6-7)12-13-11/h5-6H,2-4H2,1H3. The van der Waals surface area contributed by atoms with Crippen LogP contribution in [-0.4, -0.2) is 0 Å². The summed E-state index contributed by atoms with van der Waals surface area (Å²) in [6, 6.07) is 4.16. The predicted molar refractivity (Wildman–Crippen MR) is 52.0 cm³/mol. The number of nitrogens with zero attached hydrogens (tertiary/aromatic N) is 3. The predicted octanol–water partition coefficient (Wildman–Crippen LogP) is 3.43. The monoisotopic (exact) mass is 173 g/mol. The molecule has 0 aromatic heterocycles. The maximum atomic E-state index is 8.40. The first-order valence-electron chi connectivity index (χ1n) is 4.49. The zero-order valence-electron chi connectivity index (χ0n) is 7.62. The molecule has 3 heteroatoms. The van der Waals surface area contributed by atoms with Crippen molar-refractivity contribution < 1.29 is 0 Å². The SMILES string of the molecule is Cc1cc2c(c(N=[N+]=[N-])c1)CCC2. The molecular formula is C10H11N3. The van der Waals surface area contributed by atoms with Crippen LogP contribution < -0.4 is 0 Å². The summed E-state index contributed by atoms with van der Waals surface area (Å²) >= 11 is 0. The van der Waals surface area contributed by atoms with Gasteiger partial charge in [0, 0.05) is 10.6 Å². The minimum atomic E-state index is 0.829. The molecule has 0 N–H and O–H groups in total. The van der Waals surface area contributed by atoms with Crippen molar-refractivity contribution in [1.29, 1.82) is 0 Å². The van der Waals surface area contributed by atoms with Crippen LogP contribution in [0.25, 0.3) is 10.4 Å². The third-order valence-corrected chi connectivity index (χ3v) is 2.49. The second-order valence-electron chi connectivity index (χ2n) is 3.46. The van der Waals surface area contributed by atoms with Gasteiger partial charge in [-0.1, -0.05) is 16.7 Å². The van der Waals surface area contributed by atoms with Gasteiger partial charge in [0.25, 0.3) is 0 Å². The van der Waals surface area contributed by atoms with E-state index in [0.717, 1.165) is 18.5 Å². The topological polar surface area (TPSA) is 48.8 Å². The highest BCUT2D eigenvalue weighted by atomic mass is 15.1. The van der Waals surface area contributed by atoms with E-state index in [1.54, 1.807) is 0 Å². The number of aryl methyl sites for hydroxylation is 2. The first-order chi connectivity index (χ1) is 6.31. The van der Waals surface area contributed by atoms with Crippen LogP contribution in [0.4, 0.5) is 5.69 Å². The molecule has 1 aliphatic rings. The molecule has 0 saturated carbocycles. The minimum absolute atomic E-state index is 0.829. The normalized spacial score (nSPS) is 13.6. The highest BCUT2D eigenvalue weighted by Gasteiger charge is 2.14. The lowest BCUT2D eigenvalue weighted by molar-refractivity contribution is 0.911. The van der Waals surface area contributed by atoms with Gasteiger partial charge in [-0.2, -0.15) is 0 Å². The van der Waals surface area contributed by atoms with Gasteiger partial charge >= 0.3 is 0 Å². The summed E-state index contributed by atoms with van der Waals surface area (Å²) < 4.78 is 0. The van der Waals surface area contributed by atoms with Gasteiger partial charge < -0.3 is 0 Å². The van der Waals surface area contributed by atoms with E-state index in [1.165, 1.54) is 23.1 Å². The van der Waals surface area contributed by atoms with Crippen molar-refractivity contribution >= 4 is 5.69 Å². The van der Waals surface area contributed by atoms with Crippen LogP contribution in [0.15, 0.2) is 17.2 Å². The molecule has 0 radical (unpaired) electrons. The highest BCUT2D eigenvalue weighted by Crippen LogP contribution is 2.32. The lowest BCUT2D eigenvalue weighted by atomic mass is 10.1. The fourth-order valence-corrected chi connectivity index (χ4v) is 1.98. The average Bonchev–Trinajstić information content (AvgIpc) is 2.52. The Labute approximate surface area is 77.0 Å². The van der Waals surface area contributed by atoms with Crippen molar-refractivity contribution in [3.8, 4) is 0 Å². The third kappa shape index (κ3) is 1.38. The van der Waals surface area contributed by atoms with Gasteiger partial charge in [0.05, 0.1) is 0 Å². The Morgan fingerprint density at radius 3 is 3.00 bits per heavy atom. The number of benzene rings is 1. The zero-order valence-corrected chi connectivity index (χ0v) is 7.62. The van der Waals surface area contributed by atoms with Gasteiger partial charge in [0.2, 0.25) is 0 Å². The Bertz CT molecular complexity index is 389. The molecule has 3 nitrogen and oxygen atoms in total. The Kier molecular flexibility index (Phi) is 1.95. The van der Waals surface area contributed by atoms with Crippen molar-refractivity contribution in [2.45, 2.75) is 26.2 Å². The number of fused-ring (bicyclic) bond motifs is 1. The van der Waals surface area contributed by atoms with Gasteiger partial charge in [0.15, 0.2) is 0 Å². The quantitative estimate of drug-likeness (QED) is 0.355. The number of hydrogen-bond donors (Lipinski definition) is 0. The van der Waals surface area contributed by atoms with Gasteiger partial charge in [-0.3, -0.25) is 0 Å². The largest absolute Gasteiger partial charge is 0.0605 e. The molecule has 0 amide bonds. The molecule has 2 rings (SSSR count). The van der Waals surface area contributed by atoms with Gasteiger partial charge in [-0.25, -0.2) is 0 Å². The first-order valence-corrected chi connectivity index (χ1v) is 4.49. The molecule has 1 aliphatic carbocycles. The van der Waals surface area contributed by atoms with Gasteiger partial charge in [0.1, 0.15) is 0 Å². The molecule has 0 heterocycles. The summed E-state index contributed by atoms with van der Waals surface area (Å²) in [6.45, 7) is 2.04. The number of hydrogen-bond acceptors (Lipinski definition) is 1. The van der Waals surface area contributed by atoms with Crippen LogP contribution in [0.2, 0.25) is 0 Å². The van der Waals surface area contributed by atoms with Crippen molar-refractivity contribution in [3.63, 3.8) is 0 Å². The Morgan fingerprint density at radius 2 is 2.23 bits per heavy atom. The van der Waals surface area contributed by atoms with Crippen LogP contribution in [0.1, 0.15) is 23.1 Å². The summed E-state index contributed by atoms with van der Waals surface area (Å²) in [7, 11) is 0. The summed E-state index contributed by atoms with van der Waals surface area (Å²) in [4.78, 5) is 2.85. The first kappa shape index (κ1) is 8.14. The Morgan fingerprint density at radius 1 is 1.38 bits per heavy atom. The van der Waals surface area contributed by atoms with Crippen LogP contribution in [0.3, 0.4) is 0 Å². The van der Waals surface area contributed by atoms with Crippen LogP contribution in [0.5, 0.6) is 0 Å². The molecular weight excluding hydrogens is 162 g/mol. The fraction of sp³-hybridized carbons (Fsp3) is 0.400. The molecule has 0 fully saturated rings. The Balaban J connectivity index is 2.61. The molecule has 66 valence electrons. The summed E-state index contributed by atoms with van der Waals surface area (Å²) in [5, 5.41) is 3.72. The molecule has 0 atom stereocenters. The summed E-state index contributed by atoms with van der Waals surface area (Å²) in [5.74, 6) is 0. The van der Waals surface area contributed by atoms with Crippen molar-refractivity contribution in [2.24, 2.45) is 5.11 Å². The molecule has 13 heavy (non-hydrogen) atoms. The number of rotatable bonds is 1. The van der Waals surface area contributed by atoms with Crippen LogP contribution in [-0.2, 0) is 12.8 Å². The van der Waals surface area contributed by atoms with Gasteiger partial charge in [-0.15, -0.1) is 0 Å². The highest BCUT2D eigenvalue weighted by molar-refractivity contribution is 5.54. The molecule has 0 bridgehead atoms. The molecule has 0 spiro atoms. The van der Waals surface area contributed by atoms with Crippen molar-refractivity contribution in [3.05, 3.63) is 39.3 Å². The van der Waals surface area contributed by atoms with Gasteiger partial charge in [-0.05, 0) is 48.9 Å². The molecule has 0 aliphatic heterocycles. The van der Waals surface area contributed by atoms with E-state index in [-0.39, 0.29) is 0 Å². The molecule has 0 saturated heterocycles. The van der Waals surface area contributed by atoms with E-state index in [9.17, 15) is 0 Å². The van der Waals surface area contributed by atoms with E-state index in [4.69, 9.17) is 5.53 Å². The van der Waals surface area contributed by atoms with E-state index in [1.807, 2.05) is 13.0 Å². The maximum Gasteiger partial charge on any atom is 0.0412 e. The maximum absolute atomic E-state index is 8.40. The van der Waals surface area contributed by atoms with E-state index < -0.39 is 0 Å². The van der Waals surface area contributed by atoms with E-state index >= 15 is 0 Å². The zero-order chi connectivity index (χ0) is 9.26. The second-order valence-corrected chi connectivity index (χ2v) is 3.46. The van der Waals surface area contributed by atoms with Crippen molar-refractivity contribution in [2.75, 3.05) is 0 Å². The third-order valence-electron chi connectivity index (χ3n) is 2.49. The van der Waals surface area contributed by atoms with Crippen molar-refractivity contribution in [1.82, 2.24) is 0 Å². The number of azide groups is 1. The lowest BCUT2D eigenvalue weighted by Gasteiger charge is -2.04. The minimum Gasteiger partial charge on any atom is -0.0605 e.